The van der Waals surface area contributed by atoms with Crippen molar-refractivity contribution in [2.24, 2.45) is 5.92 Å². The van der Waals surface area contributed by atoms with Crippen molar-refractivity contribution in [3.05, 3.63) is 28.2 Å². The summed E-state index contributed by atoms with van der Waals surface area (Å²) in [6, 6.07) is 5.90. The molecule has 0 bridgehead atoms. The smallest absolute Gasteiger partial charge is 0.225 e. The maximum absolute atomic E-state index is 11.6. The van der Waals surface area contributed by atoms with E-state index in [0.717, 1.165) is 35.3 Å². The van der Waals surface area contributed by atoms with Crippen LogP contribution >= 0.6 is 15.9 Å². The average molecular weight is 313 g/mol. The highest BCUT2D eigenvalue weighted by atomic mass is 79.9. The second-order valence-electron chi connectivity index (χ2n) is 4.35. The third-order valence-corrected chi connectivity index (χ3v) is 3.58. The number of rotatable bonds is 5. The monoisotopic (exact) mass is 312 g/mol. The number of nitrogens with one attached hydrogen (secondary N) is 2. The van der Waals surface area contributed by atoms with Gasteiger partial charge >= 0.3 is 0 Å². The SMILES string of the molecule is COc1ccc(Br)cc1CCNC(=O)C1CNC1. The molecule has 0 aliphatic carbocycles. The van der Waals surface area contributed by atoms with Crippen LogP contribution in [0.25, 0.3) is 0 Å². The fourth-order valence-electron chi connectivity index (χ4n) is 1.88. The van der Waals surface area contributed by atoms with E-state index in [2.05, 4.69) is 26.6 Å². The third kappa shape index (κ3) is 3.23. The predicted molar refractivity (Wildman–Crippen MR) is 73.8 cm³/mol. The number of carbonyl (C=O) groups excluding carboxylic acids is 1. The molecule has 1 amide bonds. The second-order valence-corrected chi connectivity index (χ2v) is 5.27. The Kier molecular flexibility index (Phi) is 4.60. The normalized spacial score (nSPS) is 15.0. The molecule has 5 heteroatoms. The zero-order valence-electron chi connectivity index (χ0n) is 10.3. The van der Waals surface area contributed by atoms with E-state index in [4.69, 9.17) is 4.74 Å². The van der Waals surface area contributed by atoms with Crippen LogP contribution in [-0.4, -0.2) is 32.7 Å². The van der Waals surface area contributed by atoms with Gasteiger partial charge in [-0.2, -0.15) is 0 Å². The minimum absolute atomic E-state index is 0.141. The molecule has 1 fully saturated rings. The number of methoxy groups -OCH3 is 1. The lowest BCUT2D eigenvalue weighted by Crippen LogP contribution is -2.51. The van der Waals surface area contributed by atoms with Gasteiger partial charge in [0.05, 0.1) is 13.0 Å². The summed E-state index contributed by atoms with van der Waals surface area (Å²) < 4.78 is 6.32. The molecule has 0 atom stereocenters. The molecule has 4 nitrogen and oxygen atoms in total. The van der Waals surface area contributed by atoms with Gasteiger partial charge in [-0.25, -0.2) is 0 Å². The maximum Gasteiger partial charge on any atom is 0.225 e. The molecule has 0 unspecified atom stereocenters. The molecule has 2 rings (SSSR count). The molecule has 1 aliphatic heterocycles. The predicted octanol–water partition coefficient (Wildman–Crippen LogP) is 1.34. The van der Waals surface area contributed by atoms with Crippen LogP contribution in [0.1, 0.15) is 5.56 Å². The van der Waals surface area contributed by atoms with Gasteiger partial charge in [-0.05, 0) is 30.2 Å². The van der Waals surface area contributed by atoms with Crippen molar-refractivity contribution in [3.63, 3.8) is 0 Å². The number of hydrogen-bond donors (Lipinski definition) is 2. The van der Waals surface area contributed by atoms with Gasteiger partial charge in [0, 0.05) is 24.1 Å². The molecule has 1 heterocycles. The molecule has 0 radical (unpaired) electrons. The molecule has 0 aromatic heterocycles. The van der Waals surface area contributed by atoms with E-state index in [0.29, 0.717) is 6.54 Å². The van der Waals surface area contributed by atoms with Crippen molar-refractivity contribution in [1.82, 2.24) is 10.6 Å². The number of hydrogen-bond acceptors (Lipinski definition) is 3. The van der Waals surface area contributed by atoms with Gasteiger partial charge in [-0.1, -0.05) is 15.9 Å². The van der Waals surface area contributed by atoms with Gasteiger partial charge in [-0.3, -0.25) is 4.79 Å². The van der Waals surface area contributed by atoms with Crippen LogP contribution in [0.2, 0.25) is 0 Å². The lowest BCUT2D eigenvalue weighted by atomic mass is 10.0. The standard InChI is InChI=1S/C13H17BrN2O2/c1-18-12-3-2-11(14)6-9(12)4-5-16-13(17)10-7-15-8-10/h2-3,6,10,15H,4-5,7-8H2,1H3,(H,16,17). The highest BCUT2D eigenvalue weighted by Crippen LogP contribution is 2.23. The first-order valence-corrected chi connectivity index (χ1v) is 6.81. The summed E-state index contributed by atoms with van der Waals surface area (Å²) in [5.41, 5.74) is 1.10. The fraction of sp³-hybridized carbons (Fsp3) is 0.462. The molecule has 0 saturated carbocycles. The van der Waals surface area contributed by atoms with Gasteiger partial charge in [0.2, 0.25) is 5.91 Å². The Morgan fingerprint density at radius 3 is 2.94 bits per heavy atom. The van der Waals surface area contributed by atoms with E-state index >= 15 is 0 Å². The molecule has 1 aliphatic rings. The van der Waals surface area contributed by atoms with Crippen molar-refractivity contribution in [1.29, 1.82) is 0 Å². The summed E-state index contributed by atoms with van der Waals surface area (Å²) in [4.78, 5) is 11.6. The minimum atomic E-state index is 0.141. The molecule has 0 spiro atoms. The quantitative estimate of drug-likeness (QED) is 0.862. The van der Waals surface area contributed by atoms with E-state index < -0.39 is 0 Å². The first kappa shape index (κ1) is 13.4. The Morgan fingerprint density at radius 1 is 1.56 bits per heavy atom. The van der Waals surface area contributed by atoms with Crippen LogP contribution in [0.3, 0.4) is 0 Å². The number of ether oxygens (including phenoxy) is 1. The van der Waals surface area contributed by atoms with Gasteiger partial charge < -0.3 is 15.4 Å². The van der Waals surface area contributed by atoms with Crippen LogP contribution in [0, 0.1) is 5.92 Å². The summed E-state index contributed by atoms with van der Waals surface area (Å²) >= 11 is 3.44. The van der Waals surface area contributed by atoms with Crippen molar-refractivity contribution in [2.45, 2.75) is 6.42 Å². The summed E-state index contributed by atoms with van der Waals surface area (Å²) in [5, 5.41) is 6.04. The van der Waals surface area contributed by atoms with E-state index in [-0.39, 0.29) is 11.8 Å². The van der Waals surface area contributed by atoms with Crippen molar-refractivity contribution >= 4 is 21.8 Å². The number of halogens is 1. The molecular formula is C13H17BrN2O2. The minimum Gasteiger partial charge on any atom is -0.496 e. The van der Waals surface area contributed by atoms with Crippen LogP contribution < -0.4 is 15.4 Å². The molecule has 1 saturated heterocycles. The van der Waals surface area contributed by atoms with Gasteiger partial charge in [-0.15, -0.1) is 0 Å². The molecule has 2 N–H and O–H groups in total. The topological polar surface area (TPSA) is 50.4 Å². The molecule has 1 aromatic rings. The summed E-state index contributed by atoms with van der Waals surface area (Å²) in [7, 11) is 1.66. The van der Waals surface area contributed by atoms with E-state index in [9.17, 15) is 4.79 Å². The van der Waals surface area contributed by atoms with Crippen LogP contribution in [0.15, 0.2) is 22.7 Å². The number of benzene rings is 1. The first-order chi connectivity index (χ1) is 8.70. The lowest BCUT2D eigenvalue weighted by molar-refractivity contribution is -0.126. The first-order valence-electron chi connectivity index (χ1n) is 6.01. The van der Waals surface area contributed by atoms with E-state index in [1.165, 1.54) is 0 Å². The summed E-state index contributed by atoms with van der Waals surface area (Å²) in [6.07, 6.45) is 0.772. The maximum atomic E-state index is 11.6. The highest BCUT2D eigenvalue weighted by Gasteiger charge is 2.24. The van der Waals surface area contributed by atoms with Gasteiger partial charge in [0.25, 0.3) is 0 Å². The lowest BCUT2D eigenvalue weighted by Gasteiger charge is -2.25. The largest absolute Gasteiger partial charge is 0.496 e. The second kappa shape index (κ2) is 6.20. The Balaban J connectivity index is 1.85. The van der Waals surface area contributed by atoms with Crippen molar-refractivity contribution < 1.29 is 9.53 Å². The zero-order chi connectivity index (χ0) is 13.0. The molecule has 18 heavy (non-hydrogen) atoms. The summed E-state index contributed by atoms with van der Waals surface area (Å²) in [5.74, 6) is 1.15. The molecule has 98 valence electrons. The number of amides is 1. The highest BCUT2D eigenvalue weighted by molar-refractivity contribution is 9.10. The van der Waals surface area contributed by atoms with E-state index in [1.54, 1.807) is 7.11 Å². The van der Waals surface area contributed by atoms with Crippen LogP contribution in [0.4, 0.5) is 0 Å². The van der Waals surface area contributed by atoms with Gasteiger partial charge in [0.1, 0.15) is 5.75 Å². The van der Waals surface area contributed by atoms with Crippen molar-refractivity contribution in [3.8, 4) is 5.75 Å². The number of carbonyl (C=O) groups is 1. The van der Waals surface area contributed by atoms with Crippen LogP contribution in [0.5, 0.6) is 5.75 Å². The van der Waals surface area contributed by atoms with Crippen LogP contribution in [-0.2, 0) is 11.2 Å². The Hall–Kier alpha value is -1.07. The third-order valence-electron chi connectivity index (χ3n) is 3.09. The Labute approximate surface area is 115 Å². The average Bonchev–Trinajstić information content (AvgIpc) is 2.27. The molecule has 1 aromatic carbocycles. The summed E-state index contributed by atoms with van der Waals surface area (Å²) in [6.45, 7) is 2.24. The van der Waals surface area contributed by atoms with E-state index in [1.807, 2.05) is 18.2 Å². The van der Waals surface area contributed by atoms with Gasteiger partial charge in [0.15, 0.2) is 0 Å². The Morgan fingerprint density at radius 2 is 2.33 bits per heavy atom. The fourth-order valence-corrected chi connectivity index (χ4v) is 2.29. The molecular weight excluding hydrogens is 296 g/mol. The Bertz CT molecular complexity index is 433. The zero-order valence-corrected chi connectivity index (χ0v) is 11.9. The van der Waals surface area contributed by atoms with Crippen molar-refractivity contribution in [2.75, 3.05) is 26.7 Å².